The second-order valence-corrected chi connectivity index (χ2v) is 7.52. The summed E-state index contributed by atoms with van der Waals surface area (Å²) in [5.74, 6) is 0.133. The largest absolute Gasteiger partial charge is 0.494 e. The first-order valence-electron chi connectivity index (χ1n) is 8.31. The highest BCUT2D eigenvalue weighted by molar-refractivity contribution is 7.92. The Labute approximate surface area is 154 Å². The quantitative estimate of drug-likeness (QED) is 0.692. The van der Waals surface area contributed by atoms with Crippen LogP contribution >= 0.6 is 0 Å². The van der Waals surface area contributed by atoms with Crippen LogP contribution in [0.5, 0.6) is 5.75 Å². The van der Waals surface area contributed by atoms with E-state index in [0.29, 0.717) is 29.2 Å². The van der Waals surface area contributed by atoms with Gasteiger partial charge in [0.2, 0.25) is 0 Å². The van der Waals surface area contributed by atoms with E-state index in [0.717, 1.165) is 0 Å². The van der Waals surface area contributed by atoms with Gasteiger partial charge in [0.15, 0.2) is 0 Å². The maximum Gasteiger partial charge on any atom is 0.338 e. The van der Waals surface area contributed by atoms with Crippen molar-refractivity contribution in [2.24, 2.45) is 0 Å². The second-order valence-electron chi connectivity index (χ2n) is 5.55. The van der Waals surface area contributed by atoms with Crippen molar-refractivity contribution in [2.75, 3.05) is 24.6 Å². The average molecular weight is 377 g/mol. The number of carbonyl (C=O) groups is 1. The van der Waals surface area contributed by atoms with Gasteiger partial charge in [-0.15, -0.1) is 0 Å². The fourth-order valence-corrected chi connectivity index (χ4v) is 3.81. The lowest BCUT2D eigenvalue weighted by molar-refractivity contribution is 0.0525. The smallest absolute Gasteiger partial charge is 0.338 e. The first-order chi connectivity index (χ1) is 12.3. The van der Waals surface area contributed by atoms with Gasteiger partial charge in [-0.25, -0.2) is 13.2 Å². The minimum absolute atomic E-state index is 0.143. The molecule has 0 aliphatic heterocycles. The monoisotopic (exact) mass is 377 g/mol. The molecule has 0 saturated carbocycles. The Balaban J connectivity index is 2.39. The number of carbonyl (C=O) groups excluding carboxylic acids is 1. The number of esters is 1. The van der Waals surface area contributed by atoms with Gasteiger partial charge in [0.25, 0.3) is 10.0 Å². The number of hydrogen-bond acceptors (Lipinski definition) is 5. The van der Waals surface area contributed by atoms with Gasteiger partial charge < -0.3 is 9.47 Å². The van der Waals surface area contributed by atoms with Crippen molar-refractivity contribution < 1.29 is 22.7 Å². The van der Waals surface area contributed by atoms with Crippen LogP contribution in [-0.2, 0) is 14.8 Å². The second kappa shape index (κ2) is 8.23. The third kappa shape index (κ3) is 3.99. The number of nitrogens with zero attached hydrogens (tertiary/aromatic N) is 1. The fourth-order valence-electron chi connectivity index (χ4n) is 2.56. The molecule has 0 fully saturated rings. The molecule has 2 rings (SSSR count). The number of anilines is 1. The molecule has 140 valence electrons. The zero-order chi connectivity index (χ0) is 19.3. The van der Waals surface area contributed by atoms with Crippen molar-refractivity contribution in [1.82, 2.24) is 0 Å². The molecule has 0 spiro atoms. The Bertz CT molecular complexity index is 875. The van der Waals surface area contributed by atoms with E-state index < -0.39 is 16.0 Å². The molecule has 6 nitrogen and oxygen atoms in total. The highest BCUT2D eigenvalue weighted by Crippen LogP contribution is 2.28. The van der Waals surface area contributed by atoms with Crippen molar-refractivity contribution in [3.63, 3.8) is 0 Å². The topological polar surface area (TPSA) is 72.9 Å². The van der Waals surface area contributed by atoms with Gasteiger partial charge in [-0.1, -0.05) is 6.07 Å². The molecule has 0 aromatic heterocycles. The number of sulfonamides is 1. The number of rotatable bonds is 7. The highest BCUT2D eigenvalue weighted by Gasteiger charge is 2.24. The molecule has 0 unspecified atom stereocenters. The van der Waals surface area contributed by atoms with Crippen LogP contribution < -0.4 is 9.04 Å². The predicted molar refractivity (Wildman–Crippen MR) is 100 cm³/mol. The molecule has 0 radical (unpaired) electrons. The van der Waals surface area contributed by atoms with Crippen LogP contribution in [0.4, 0.5) is 5.69 Å². The van der Waals surface area contributed by atoms with Crippen LogP contribution in [0.3, 0.4) is 0 Å². The Hall–Kier alpha value is -2.54. The minimum atomic E-state index is -3.78. The standard InChI is InChI=1S/C19H23NO5S/c1-5-24-15-10-12-16(13-11-15)26(22,23)20(4)18-9-7-8-17(14(18)3)19(21)25-6-2/h7-13H,5-6H2,1-4H3. The number of benzene rings is 2. The molecule has 26 heavy (non-hydrogen) atoms. The van der Waals surface area contributed by atoms with Crippen LogP contribution in [0.15, 0.2) is 47.4 Å². The van der Waals surface area contributed by atoms with Crippen LogP contribution in [0.2, 0.25) is 0 Å². The van der Waals surface area contributed by atoms with E-state index in [-0.39, 0.29) is 11.5 Å². The Morgan fingerprint density at radius 3 is 2.27 bits per heavy atom. The van der Waals surface area contributed by atoms with Crippen LogP contribution in [0.1, 0.15) is 29.8 Å². The van der Waals surface area contributed by atoms with Gasteiger partial charge in [-0.3, -0.25) is 4.31 Å². The van der Waals surface area contributed by atoms with Gasteiger partial charge >= 0.3 is 5.97 Å². The Morgan fingerprint density at radius 1 is 1.04 bits per heavy atom. The molecule has 2 aromatic rings. The summed E-state index contributed by atoms with van der Waals surface area (Å²) in [6, 6.07) is 11.2. The minimum Gasteiger partial charge on any atom is -0.494 e. The zero-order valence-corrected chi connectivity index (χ0v) is 16.2. The number of ether oxygens (including phenoxy) is 2. The van der Waals surface area contributed by atoms with Gasteiger partial charge in [0.05, 0.1) is 29.4 Å². The fraction of sp³-hybridized carbons (Fsp3) is 0.316. The van der Waals surface area contributed by atoms with Crippen LogP contribution in [-0.4, -0.2) is 34.6 Å². The van der Waals surface area contributed by atoms with Gasteiger partial charge in [-0.2, -0.15) is 0 Å². The van der Waals surface area contributed by atoms with Crippen molar-refractivity contribution in [3.8, 4) is 5.75 Å². The van der Waals surface area contributed by atoms with Crippen molar-refractivity contribution >= 4 is 21.7 Å². The third-order valence-electron chi connectivity index (χ3n) is 3.93. The summed E-state index contributed by atoms with van der Waals surface area (Å²) in [5.41, 5.74) is 1.31. The normalized spacial score (nSPS) is 11.1. The molecule has 0 amide bonds. The Morgan fingerprint density at radius 2 is 1.69 bits per heavy atom. The SMILES string of the molecule is CCOC(=O)c1cccc(N(C)S(=O)(=O)c2ccc(OCC)cc2)c1C. The Kier molecular flexibility index (Phi) is 6.26. The molecule has 0 bridgehead atoms. The number of hydrogen-bond donors (Lipinski definition) is 0. The third-order valence-corrected chi connectivity index (χ3v) is 5.72. The predicted octanol–water partition coefficient (Wildman–Crippen LogP) is 3.40. The maximum absolute atomic E-state index is 12.9. The first-order valence-corrected chi connectivity index (χ1v) is 9.75. The van der Waals surface area contributed by atoms with Gasteiger partial charge in [-0.05, 0) is 62.7 Å². The van der Waals surface area contributed by atoms with Crippen molar-refractivity contribution in [1.29, 1.82) is 0 Å². The average Bonchev–Trinajstić information content (AvgIpc) is 2.62. The van der Waals surface area contributed by atoms with E-state index in [1.807, 2.05) is 6.92 Å². The summed E-state index contributed by atoms with van der Waals surface area (Å²) in [6.45, 7) is 6.04. The van der Waals surface area contributed by atoms with E-state index >= 15 is 0 Å². The molecule has 0 heterocycles. The van der Waals surface area contributed by atoms with E-state index in [9.17, 15) is 13.2 Å². The molecular formula is C19H23NO5S. The van der Waals surface area contributed by atoms with Crippen molar-refractivity contribution in [3.05, 3.63) is 53.6 Å². The molecular weight excluding hydrogens is 354 g/mol. The first kappa shape index (κ1) is 19.8. The van der Waals surface area contributed by atoms with E-state index in [4.69, 9.17) is 9.47 Å². The van der Waals surface area contributed by atoms with E-state index in [1.165, 1.54) is 23.5 Å². The summed E-state index contributed by atoms with van der Waals surface area (Å²) in [5, 5.41) is 0. The van der Waals surface area contributed by atoms with Gasteiger partial charge in [0, 0.05) is 7.05 Å². The molecule has 0 saturated heterocycles. The summed E-state index contributed by atoms with van der Waals surface area (Å²) in [6.07, 6.45) is 0. The lowest BCUT2D eigenvalue weighted by Gasteiger charge is -2.22. The molecule has 7 heteroatoms. The lowest BCUT2D eigenvalue weighted by atomic mass is 10.1. The zero-order valence-electron chi connectivity index (χ0n) is 15.4. The maximum atomic E-state index is 12.9. The molecule has 2 aromatic carbocycles. The van der Waals surface area contributed by atoms with Crippen LogP contribution in [0.25, 0.3) is 0 Å². The highest BCUT2D eigenvalue weighted by atomic mass is 32.2. The van der Waals surface area contributed by atoms with E-state index in [1.54, 1.807) is 44.2 Å². The van der Waals surface area contributed by atoms with Crippen LogP contribution in [0, 0.1) is 6.92 Å². The molecule has 0 atom stereocenters. The summed E-state index contributed by atoms with van der Waals surface area (Å²) in [4.78, 5) is 12.2. The summed E-state index contributed by atoms with van der Waals surface area (Å²) < 4.78 is 37.4. The molecule has 0 aliphatic carbocycles. The lowest BCUT2D eigenvalue weighted by Crippen LogP contribution is -2.27. The van der Waals surface area contributed by atoms with Gasteiger partial charge in [0.1, 0.15) is 5.75 Å². The molecule has 0 aliphatic rings. The van der Waals surface area contributed by atoms with E-state index in [2.05, 4.69) is 0 Å². The summed E-state index contributed by atoms with van der Waals surface area (Å²) >= 11 is 0. The molecule has 0 N–H and O–H groups in total. The van der Waals surface area contributed by atoms with Crippen molar-refractivity contribution in [2.45, 2.75) is 25.7 Å². The summed E-state index contributed by atoms with van der Waals surface area (Å²) in [7, 11) is -2.31.